The van der Waals surface area contributed by atoms with Gasteiger partial charge in [-0.15, -0.1) is 0 Å². The Morgan fingerprint density at radius 1 is 1.23 bits per heavy atom. The zero-order valence-electron chi connectivity index (χ0n) is 12.9. The molecule has 3 rings (SSSR count). The lowest BCUT2D eigenvalue weighted by Gasteiger charge is -2.09. The van der Waals surface area contributed by atoms with E-state index in [1.807, 2.05) is 13.1 Å². The zero-order chi connectivity index (χ0) is 15.5. The number of aromatic nitrogens is 4. The van der Waals surface area contributed by atoms with Crippen molar-refractivity contribution in [3.05, 3.63) is 53.9 Å². The monoisotopic (exact) mass is 314 g/mol. The molecule has 0 radical (unpaired) electrons. The van der Waals surface area contributed by atoms with E-state index >= 15 is 0 Å². The number of rotatable bonds is 5. The van der Waals surface area contributed by atoms with E-state index in [1.54, 1.807) is 18.0 Å². The van der Waals surface area contributed by atoms with E-state index in [2.05, 4.69) is 57.8 Å². The summed E-state index contributed by atoms with van der Waals surface area (Å²) < 4.78 is 7.20. The third-order valence-electron chi connectivity index (χ3n) is 3.34. The number of hydrogen-bond donors (Lipinski definition) is 0. The third kappa shape index (κ3) is 3.22. The average molecular weight is 314 g/mol. The molecule has 1 aromatic carbocycles. The molecule has 0 N–H and O–H groups in total. The minimum atomic E-state index is 0.534. The van der Waals surface area contributed by atoms with Gasteiger partial charge >= 0.3 is 0 Å². The van der Waals surface area contributed by atoms with Crippen LogP contribution in [0.25, 0.3) is 5.69 Å². The molecule has 3 aromatic rings. The molecule has 0 saturated carbocycles. The maximum absolute atomic E-state index is 5.13. The molecule has 0 aliphatic heterocycles. The molecule has 5 nitrogen and oxygen atoms in total. The van der Waals surface area contributed by atoms with Gasteiger partial charge in [0.25, 0.3) is 0 Å². The summed E-state index contributed by atoms with van der Waals surface area (Å²) in [5, 5.41) is 4.71. The average Bonchev–Trinajstić information content (AvgIpc) is 3.14. The first-order valence-corrected chi connectivity index (χ1v) is 8.17. The van der Waals surface area contributed by atoms with E-state index in [0.29, 0.717) is 23.4 Å². The second-order valence-corrected chi connectivity index (χ2v) is 6.29. The first kappa shape index (κ1) is 14.8. The van der Waals surface area contributed by atoms with Gasteiger partial charge in [0, 0.05) is 18.1 Å². The minimum Gasteiger partial charge on any atom is -0.338 e. The van der Waals surface area contributed by atoms with Gasteiger partial charge in [0.2, 0.25) is 5.89 Å². The molecule has 0 fully saturated rings. The Labute approximate surface area is 133 Å². The van der Waals surface area contributed by atoms with Crippen molar-refractivity contribution in [2.45, 2.75) is 37.6 Å². The first-order valence-electron chi connectivity index (χ1n) is 7.19. The smallest absolute Gasteiger partial charge is 0.237 e. The van der Waals surface area contributed by atoms with E-state index in [-0.39, 0.29) is 0 Å². The Hall–Kier alpha value is -2.08. The number of nitrogens with zero attached hydrogens (tertiary/aromatic N) is 4. The van der Waals surface area contributed by atoms with Crippen LogP contribution in [0.1, 0.15) is 37.0 Å². The Kier molecular flexibility index (Phi) is 4.29. The minimum absolute atomic E-state index is 0.534. The predicted molar refractivity (Wildman–Crippen MR) is 86.2 cm³/mol. The summed E-state index contributed by atoms with van der Waals surface area (Å²) >= 11 is 1.58. The number of thioether (sulfide) groups is 1. The van der Waals surface area contributed by atoms with E-state index < -0.39 is 0 Å². The van der Waals surface area contributed by atoms with Crippen molar-refractivity contribution in [2.24, 2.45) is 0 Å². The molecule has 114 valence electrons. The van der Waals surface area contributed by atoms with E-state index in [9.17, 15) is 0 Å². The summed E-state index contributed by atoms with van der Waals surface area (Å²) in [6.45, 7) is 6.20. The number of benzene rings is 1. The SMILES string of the molecule is Cc1noc(CSc2nccn2-c2ccc(C(C)C)cc2)n1. The Balaban J connectivity index is 1.76. The fourth-order valence-corrected chi connectivity index (χ4v) is 2.95. The highest BCUT2D eigenvalue weighted by atomic mass is 32.2. The van der Waals surface area contributed by atoms with Crippen LogP contribution in [0.5, 0.6) is 0 Å². The zero-order valence-corrected chi connectivity index (χ0v) is 13.7. The van der Waals surface area contributed by atoms with Gasteiger partial charge in [-0.05, 0) is 30.5 Å². The molecular weight excluding hydrogens is 296 g/mol. The molecule has 0 aliphatic carbocycles. The van der Waals surface area contributed by atoms with Gasteiger partial charge < -0.3 is 4.52 Å². The van der Waals surface area contributed by atoms with Crippen molar-refractivity contribution in [1.29, 1.82) is 0 Å². The summed E-state index contributed by atoms with van der Waals surface area (Å²) in [5.41, 5.74) is 2.44. The Bertz CT molecular complexity index is 746. The molecule has 0 amide bonds. The first-order chi connectivity index (χ1) is 10.6. The van der Waals surface area contributed by atoms with Gasteiger partial charge in [0.15, 0.2) is 11.0 Å². The van der Waals surface area contributed by atoms with Gasteiger partial charge in [-0.2, -0.15) is 4.98 Å². The highest BCUT2D eigenvalue weighted by Gasteiger charge is 2.09. The second kappa shape index (κ2) is 6.36. The third-order valence-corrected chi connectivity index (χ3v) is 4.29. The van der Waals surface area contributed by atoms with E-state index in [4.69, 9.17) is 4.52 Å². The fraction of sp³-hybridized carbons (Fsp3) is 0.312. The van der Waals surface area contributed by atoms with Crippen molar-refractivity contribution in [3.63, 3.8) is 0 Å². The van der Waals surface area contributed by atoms with Gasteiger partial charge in [-0.3, -0.25) is 4.57 Å². The van der Waals surface area contributed by atoms with E-state index in [1.165, 1.54) is 5.56 Å². The lowest BCUT2D eigenvalue weighted by molar-refractivity contribution is 0.387. The molecule has 0 bridgehead atoms. The molecule has 0 spiro atoms. The van der Waals surface area contributed by atoms with Crippen LogP contribution in [0.2, 0.25) is 0 Å². The van der Waals surface area contributed by atoms with Crippen LogP contribution in [0.15, 0.2) is 46.3 Å². The molecular formula is C16H18N4OS. The van der Waals surface area contributed by atoms with Crippen LogP contribution < -0.4 is 0 Å². The molecule has 2 heterocycles. The molecule has 0 saturated heterocycles. The maximum atomic E-state index is 5.13. The van der Waals surface area contributed by atoms with Gasteiger partial charge in [-0.1, -0.05) is 42.9 Å². The summed E-state index contributed by atoms with van der Waals surface area (Å²) in [6.07, 6.45) is 3.77. The van der Waals surface area contributed by atoms with Crippen molar-refractivity contribution >= 4 is 11.8 Å². The summed E-state index contributed by atoms with van der Waals surface area (Å²) in [4.78, 5) is 8.62. The maximum Gasteiger partial charge on any atom is 0.237 e. The van der Waals surface area contributed by atoms with Crippen molar-refractivity contribution in [1.82, 2.24) is 19.7 Å². The van der Waals surface area contributed by atoms with Crippen LogP contribution in [0.4, 0.5) is 0 Å². The highest BCUT2D eigenvalue weighted by molar-refractivity contribution is 7.98. The summed E-state index contributed by atoms with van der Waals surface area (Å²) in [7, 11) is 0. The quantitative estimate of drug-likeness (QED) is 0.667. The molecule has 0 aliphatic rings. The predicted octanol–water partition coefficient (Wildman–Crippen LogP) is 3.98. The normalized spacial score (nSPS) is 11.3. The lowest BCUT2D eigenvalue weighted by atomic mass is 10.0. The fourth-order valence-electron chi connectivity index (χ4n) is 2.14. The molecule has 0 unspecified atom stereocenters. The van der Waals surface area contributed by atoms with Crippen molar-refractivity contribution in [2.75, 3.05) is 0 Å². The second-order valence-electron chi connectivity index (χ2n) is 5.35. The van der Waals surface area contributed by atoms with Crippen LogP contribution in [0, 0.1) is 6.92 Å². The molecule has 0 atom stereocenters. The van der Waals surface area contributed by atoms with Crippen molar-refractivity contribution < 1.29 is 4.52 Å². The van der Waals surface area contributed by atoms with Crippen LogP contribution in [0.3, 0.4) is 0 Å². The summed E-state index contributed by atoms with van der Waals surface area (Å²) in [6, 6.07) is 8.57. The van der Waals surface area contributed by atoms with Gasteiger partial charge in [0.05, 0.1) is 5.75 Å². The Morgan fingerprint density at radius 3 is 2.64 bits per heavy atom. The largest absolute Gasteiger partial charge is 0.338 e. The lowest BCUT2D eigenvalue weighted by Crippen LogP contribution is -1.96. The highest BCUT2D eigenvalue weighted by Crippen LogP contribution is 2.24. The van der Waals surface area contributed by atoms with Crippen LogP contribution in [-0.2, 0) is 5.75 Å². The van der Waals surface area contributed by atoms with Crippen LogP contribution >= 0.6 is 11.8 Å². The molecule has 6 heteroatoms. The topological polar surface area (TPSA) is 56.7 Å². The summed E-state index contributed by atoms with van der Waals surface area (Å²) in [5.74, 6) is 2.42. The van der Waals surface area contributed by atoms with Gasteiger partial charge in [0.1, 0.15) is 0 Å². The number of imidazole rings is 1. The number of aryl methyl sites for hydroxylation is 1. The standard InChI is InChI=1S/C16H18N4OS/c1-11(2)13-4-6-14(7-5-13)20-9-8-17-16(20)22-10-15-18-12(3)19-21-15/h4-9,11H,10H2,1-3H3. The molecule has 22 heavy (non-hydrogen) atoms. The Morgan fingerprint density at radius 2 is 2.00 bits per heavy atom. The van der Waals surface area contributed by atoms with Crippen molar-refractivity contribution in [3.8, 4) is 5.69 Å². The van der Waals surface area contributed by atoms with Crippen LogP contribution in [-0.4, -0.2) is 19.7 Å². The van der Waals surface area contributed by atoms with E-state index in [0.717, 1.165) is 10.8 Å². The molecule has 2 aromatic heterocycles. The number of hydrogen-bond acceptors (Lipinski definition) is 5. The van der Waals surface area contributed by atoms with Gasteiger partial charge in [-0.25, -0.2) is 4.98 Å².